The molecule has 1 atom stereocenters. The van der Waals surface area contributed by atoms with Gasteiger partial charge >= 0.3 is 0 Å². The zero-order chi connectivity index (χ0) is 10.6. The van der Waals surface area contributed by atoms with Crippen molar-refractivity contribution in [1.82, 2.24) is 0 Å². The Kier molecular flexibility index (Phi) is 4.67. The molecule has 1 saturated carbocycles. The lowest BCUT2D eigenvalue weighted by atomic mass is 9.77. The largest absolute Gasteiger partial charge is 0.380 e. The van der Waals surface area contributed by atoms with E-state index in [4.69, 9.17) is 15.4 Å². The van der Waals surface area contributed by atoms with Gasteiger partial charge in [0.15, 0.2) is 0 Å². The van der Waals surface area contributed by atoms with Crippen molar-refractivity contribution in [3.05, 3.63) is 0 Å². The van der Waals surface area contributed by atoms with E-state index in [1.807, 2.05) is 0 Å². The van der Waals surface area contributed by atoms with Crippen LogP contribution >= 0.6 is 10.7 Å². The minimum atomic E-state index is -3.39. The highest BCUT2D eigenvalue weighted by Crippen LogP contribution is 2.33. The first-order chi connectivity index (χ1) is 6.49. The van der Waals surface area contributed by atoms with Gasteiger partial charge in [-0.25, -0.2) is 8.42 Å². The summed E-state index contributed by atoms with van der Waals surface area (Å²) in [5.41, 5.74) is 0. The molecule has 0 saturated heterocycles. The Morgan fingerprint density at radius 3 is 2.57 bits per heavy atom. The Hall–Kier alpha value is 0.200. The fraction of sp³-hybridized carbons (Fsp3) is 1.00. The lowest BCUT2D eigenvalue weighted by Gasteiger charge is -2.31. The van der Waals surface area contributed by atoms with Gasteiger partial charge in [0.25, 0.3) is 0 Å². The molecule has 0 bridgehead atoms. The summed E-state index contributed by atoms with van der Waals surface area (Å²) >= 11 is 0. The molecule has 0 amide bonds. The van der Waals surface area contributed by atoms with E-state index in [0.717, 1.165) is 5.92 Å². The van der Waals surface area contributed by atoms with Crippen LogP contribution in [-0.2, 0) is 13.8 Å². The van der Waals surface area contributed by atoms with E-state index in [2.05, 4.69) is 6.92 Å². The van der Waals surface area contributed by atoms with Crippen molar-refractivity contribution >= 4 is 19.7 Å². The molecular formula is C9H17ClO3S. The van der Waals surface area contributed by atoms with Gasteiger partial charge in [0.2, 0.25) is 9.05 Å². The summed E-state index contributed by atoms with van der Waals surface area (Å²) in [7, 11) is 1.66. The zero-order valence-corrected chi connectivity index (χ0v) is 9.98. The van der Waals surface area contributed by atoms with Crippen LogP contribution < -0.4 is 0 Å². The summed E-state index contributed by atoms with van der Waals surface area (Å²) < 4.78 is 26.4. The van der Waals surface area contributed by atoms with Crippen molar-refractivity contribution in [3.8, 4) is 0 Å². The minimum Gasteiger partial charge on any atom is -0.380 e. The maximum atomic E-state index is 10.6. The monoisotopic (exact) mass is 240 g/mol. The molecule has 0 aromatic rings. The highest BCUT2D eigenvalue weighted by Gasteiger charge is 2.23. The van der Waals surface area contributed by atoms with Crippen LogP contribution in [0.4, 0.5) is 0 Å². The SMILES string of the molecule is CC(COCCS(=O)(=O)Cl)C1CCC1. The predicted molar refractivity (Wildman–Crippen MR) is 57.0 cm³/mol. The van der Waals surface area contributed by atoms with Gasteiger partial charge in [-0.15, -0.1) is 0 Å². The first-order valence-electron chi connectivity index (χ1n) is 4.99. The summed E-state index contributed by atoms with van der Waals surface area (Å²) in [6.07, 6.45) is 3.90. The topological polar surface area (TPSA) is 43.4 Å². The first kappa shape index (κ1) is 12.3. The van der Waals surface area contributed by atoms with Gasteiger partial charge in [-0.2, -0.15) is 0 Å². The molecule has 0 heterocycles. The Bertz CT molecular complexity index is 259. The number of ether oxygens (including phenoxy) is 1. The predicted octanol–water partition coefficient (Wildman–Crippen LogP) is 2.01. The van der Waals surface area contributed by atoms with Crippen LogP contribution in [0, 0.1) is 11.8 Å². The summed E-state index contributed by atoms with van der Waals surface area (Å²) in [6.45, 7) is 3.01. The van der Waals surface area contributed by atoms with Crippen LogP contribution in [0.25, 0.3) is 0 Å². The lowest BCUT2D eigenvalue weighted by molar-refractivity contribution is 0.0720. The molecule has 0 aromatic carbocycles. The average molecular weight is 241 g/mol. The van der Waals surface area contributed by atoms with Gasteiger partial charge in [-0.05, 0) is 11.8 Å². The Morgan fingerprint density at radius 1 is 1.50 bits per heavy atom. The molecule has 0 aromatic heterocycles. The number of rotatable bonds is 6. The second kappa shape index (κ2) is 5.33. The first-order valence-corrected chi connectivity index (χ1v) is 7.47. The maximum absolute atomic E-state index is 10.6. The summed E-state index contributed by atoms with van der Waals surface area (Å²) in [5.74, 6) is 1.23. The van der Waals surface area contributed by atoms with Crippen molar-refractivity contribution in [3.63, 3.8) is 0 Å². The fourth-order valence-electron chi connectivity index (χ4n) is 1.57. The second-order valence-electron chi connectivity index (χ2n) is 3.99. The molecular weight excluding hydrogens is 224 g/mol. The van der Waals surface area contributed by atoms with Gasteiger partial charge in [-0.1, -0.05) is 26.2 Å². The smallest absolute Gasteiger partial charge is 0.234 e. The summed E-state index contributed by atoms with van der Waals surface area (Å²) in [5, 5.41) is 0. The maximum Gasteiger partial charge on any atom is 0.234 e. The molecule has 0 spiro atoms. The summed E-state index contributed by atoms with van der Waals surface area (Å²) in [4.78, 5) is 0. The standard InChI is InChI=1S/C9H17ClO3S/c1-8(9-3-2-4-9)7-13-5-6-14(10,11)12/h8-9H,2-7H2,1H3. The zero-order valence-electron chi connectivity index (χ0n) is 8.41. The van der Waals surface area contributed by atoms with Gasteiger partial charge in [0, 0.05) is 17.3 Å². The molecule has 0 N–H and O–H groups in total. The van der Waals surface area contributed by atoms with Gasteiger partial charge in [-0.3, -0.25) is 0 Å². The van der Waals surface area contributed by atoms with Crippen LogP contribution in [0.1, 0.15) is 26.2 Å². The van der Waals surface area contributed by atoms with Crippen LogP contribution in [0.15, 0.2) is 0 Å². The Labute approximate surface area is 90.2 Å². The third-order valence-corrected chi connectivity index (χ3v) is 3.92. The third-order valence-electron chi connectivity index (χ3n) is 2.81. The summed E-state index contributed by atoms with van der Waals surface area (Å²) in [6, 6.07) is 0. The van der Waals surface area contributed by atoms with E-state index in [0.29, 0.717) is 12.5 Å². The van der Waals surface area contributed by atoms with E-state index in [1.54, 1.807) is 0 Å². The number of hydrogen-bond donors (Lipinski definition) is 0. The van der Waals surface area contributed by atoms with Crippen LogP contribution in [-0.4, -0.2) is 27.4 Å². The van der Waals surface area contributed by atoms with Crippen molar-refractivity contribution < 1.29 is 13.2 Å². The van der Waals surface area contributed by atoms with Crippen LogP contribution in [0.3, 0.4) is 0 Å². The number of halogens is 1. The lowest BCUT2D eigenvalue weighted by Crippen LogP contribution is -2.24. The molecule has 14 heavy (non-hydrogen) atoms. The van der Waals surface area contributed by atoms with E-state index < -0.39 is 9.05 Å². The normalized spacial score (nSPS) is 20.4. The molecule has 3 nitrogen and oxygen atoms in total. The van der Waals surface area contributed by atoms with Crippen LogP contribution in [0.2, 0.25) is 0 Å². The van der Waals surface area contributed by atoms with Gasteiger partial charge in [0.1, 0.15) is 0 Å². The number of hydrogen-bond acceptors (Lipinski definition) is 3. The second-order valence-corrected chi connectivity index (χ2v) is 6.88. The van der Waals surface area contributed by atoms with E-state index in [-0.39, 0.29) is 12.4 Å². The molecule has 1 aliphatic rings. The van der Waals surface area contributed by atoms with Gasteiger partial charge < -0.3 is 4.74 Å². The Balaban J connectivity index is 2.03. The van der Waals surface area contributed by atoms with E-state index in [9.17, 15) is 8.42 Å². The van der Waals surface area contributed by atoms with Crippen molar-refractivity contribution in [2.45, 2.75) is 26.2 Å². The average Bonchev–Trinajstić information content (AvgIpc) is 1.92. The molecule has 0 radical (unpaired) electrons. The third kappa shape index (κ3) is 4.62. The fourth-order valence-corrected chi connectivity index (χ4v) is 2.08. The quantitative estimate of drug-likeness (QED) is 0.527. The molecule has 1 unspecified atom stereocenters. The van der Waals surface area contributed by atoms with Crippen molar-refractivity contribution in [2.24, 2.45) is 11.8 Å². The molecule has 1 fully saturated rings. The Morgan fingerprint density at radius 2 is 2.14 bits per heavy atom. The van der Waals surface area contributed by atoms with E-state index >= 15 is 0 Å². The van der Waals surface area contributed by atoms with Crippen LogP contribution in [0.5, 0.6) is 0 Å². The van der Waals surface area contributed by atoms with Gasteiger partial charge in [0.05, 0.1) is 12.4 Å². The molecule has 5 heteroatoms. The molecule has 84 valence electrons. The van der Waals surface area contributed by atoms with Crippen molar-refractivity contribution in [2.75, 3.05) is 19.0 Å². The highest BCUT2D eigenvalue weighted by atomic mass is 35.7. The molecule has 1 rings (SSSR count). The molecule has 1 aliphatic carbocycles. The highest BCUT2D eigenvalue weighted by molar-refractivity contribution is 8.13. The minimum absolute atomic E-state index is 0.0913. The van der Waals surface area contributed by atoms with Crippen molar-refractivity contribution in [1.29, 1.82) is 0 Å². The molecule has 0 aliphatic heterocycles. The van der Waals surface area contributed by atoms with E-state index in [1.165, 1.54) is 19.3 Å².